The summed E-state index contributed by atoms with van der Waals surface area (Å²) in [5, 5.41) is 7.28. The second-order valence-corrected chi connectivity index (χ2v) is 5.02. The topological polar surface area (TPSA) is 41.1 Å². The van der Waals surface area contributed by atoms with Crippen molar-refractivity contribution in [3.63, 3.8) is 0 Å². The molecule has 1 aromatic rings. The lowest BCUT2D eigenvalue weighted by Crippen LogP contribution is -2.47. The molecular weight excluding hydrogens is 259 g/mol. The molecule has 1 unspecified atom stereocenters. The zero-order chi connectivity index (χ0) is 12.3. The van der Waals surface area contributed by atoms with Crippen LogP contribution in [0.3, 0.4) is 0 Å². The van der Waals surface area contributed by atoms with E-state index < -0.39 is 0 Å². The first kappa shape index (κ1) is 12.7. The fraction of sp³-hybridized carbons (Fsp3) is 0.417. The van der Waals surface area contributed by atoms with E-state index in [0.717, 1.165) is 24.9 Å². The number of benzene rings is 1. The minimum absolute atomic E-state index is 0.0735. The molecule has 17 heavy (non-hydrogen) atoms. The molecule has 1 aliphatic rings. The molecule has 1 aromatic carbocycles. The van der Waals surface area contributed by atoms with Gasteiger partial charge >= 0.3 is 0 Å². The average Bonchev–Trinajstić information content (AvgIpc) is 2.27. The van der Waals surface area contributed by atoms with Gasteiger partial charge in [-0.3, -0.25) is 4.79 Å². The summed E-state index contributed by atoms with van der Waals surface area (Å²) in [5.74, 6) is 0.0735. The summed E-state index contributed by atoms with van der Waals surface area (Å²) < 4.78 is 0. The lowest BCUT2D eigenvalue weighted by atomic mass is 10.1. The number of halogens is 2. The standard InChI is InChI=1S/C12H14Cl2N2O/c13-9-4-8(5-10(14)6-9)7-16-11-2-1-3-15-12(11)17/h4-6,11,16H,1-3,7H2,(H,15,17). The summed E-state index contributed by atoms with van der Waals surface area (Å²) in [7, 11) is 0. The molecule has 0 aromatic heterocycles. The van der Waals surface area contributed by atoms with Crippen molar-refractivity contribution in [1.29, 1.82) is 0 Å². The van der Waals surface area contributed by atoms with Gasteiger partial charge in [0.2, 0.25) is 5.91 Å². The third-order valence-electron chi connectivity index (χ3n) is 2.76. The number of piperidine rings is 1. The molecule has 2 rings (SSSR count). The van der Waals surface area contributed by atoms with Crippen LogP contribution in [0.4, 0.5) is 0 Å². The van der Waals surface area contributed by atoms with E-state index in [9.17, 15) is 4.79 Å². The largest absolute Gasteiger partial charge is 0.355 e. The van der Waals surface area contributed by atoms with E-state index in [0.29, 0.717) is 16.6 Å². The summed E-state index contributed by atoms with van der Waals surface area (Å²) in [4.78, 5) is 11.5. The number of carbonyl (C=O) groups is 1. The van der Waals surface area contributed by atoms with Crippen LogP contribution in [-0.2, 0) is 11.3 Å². The van der Waals surface area contributed by atoms with Crippen LogP contribution in [0.25, 0.3) is 0 Å². The third kappa shape index (κ3) is 3.60. The summed E-state index contributed by atoms with van der Waals surface area (Å²) in [6, 6.07) is 5.28. The highest BCUT2D eigenvalue weighted by molar-refractivity contribution is 6.34. The van der Waals surface area contributed by atoms with Crippen LogP contribution in [0, 0.1) is 0 Å². The van der Waals surface area contributed by atoms with Crippen LogP contribution < -0.4 is 10.6 Å². The SMILES string of the molecule is O=C1NCCCC1NCc1cc(Cl)cc(Cl)c1. The van der Waals surface area contributed by atoms with Crippen molar-refractivity contribution in [2.24, 2.45) is 0 Å². The maximum absolute atomic E-state index is 11.5. The molecule has 3 nitrogen and oxygen atoms in total. The van der Waals surface area contributed by atoms with Crippen molar-refractivity contribution in [2.45, 2.75) is 25.4 Å². The Balaban J connectivity index is 1.94. The Labute approximate surface area is 110 Å². The second-order valence-electron chi connectivity index (χ2n) is 4.14. The number of rotatable bonds is 3. The highest BCUT2D eigenvalue weighted by atomic mass is 35.5. The number of hydrogen-bond acceptors (Lipinski definition) is 2. The van der Waals surface area contributed by atoms with Gasteiger partial charge in [0, 0.05) is 23.1 Å². The van der Waals surface area contributed by atoms with Crippen LogP contribution in [0.15, 0.2) is 18.2 Å². The van der Waals surface area contributed by atoms with Gasteiger partial charge in [0.1, 0.15) is 0 Å². The van der Waals surface area contributed by atoms with Crippen molar-refractivity contribution in [2.75, 3.05) is 6.54 Å². The molecule has 92 valence electrons. The average molecular weight is 273 g/mol. The van der Waals surface area contributed by atoms with Gasteiger partial charge in [0.25, 0.3) is 0 Å². The maximum Gasteiger partial charge on any atom is 0.237 e. The second kappa shape index (κ2) is 5.71. The fourth-order valence-electron chi connectivity index (χ4n) is 1.92. The van der Waals surface area contributed by atoms with E-state index in [-0.39, 0.29) is 11.9 Å². The van der Waals surface area contributed by atoms with Gasteiger partial charge in [-0.15, -0.1) is 0 Å². The first-order valence-electron chi connectivity index (χ1n) is 5.61. The normalized spacial score (nSPS) is 20.1. The minimum atomic E-state index is -0.110. The fourth-order valence-corrected chi connectivity index (χ4v) is 2.49. The van der Waals surface area contributed by atoms with E-state index in [1.165, 1.54) is 0 Å². The van der Waals surface area contributed by atoms with Crippen LogP contribution in [0.2, 0.25) is 10.0 Å². The molecule has 1 saturated heterocycles. The molecule has 5 heteroatoms. The molecule has 0 aliphatic carbocycles. The van der Waals surface area contributed by atoms with Crippen LogP contribution in [-0.4, -0.2) is 18.5 Å². The molecule has 0 spiro atoms. The molecule has 1 aliphatic heterocycles. The zero-order valence-electron chi connectivity index (χ0n) is 9.30. The van der Waals surface area contributed by atoms with E-state index >= 15 is 0 Å². The van der Waals surface area contributed by atoms with Gasteiger partial charge < -0.3 is 10.6 Å². The van der Waals surface area contributed by atoms with Gasteiger partial charge in [-0.05, 0) is 36.6 Å². The Morgan fingerprint density at radius 3 is 2.65 bits per heavy atom. The Morgan fingerprint density at radius 2 is 2.00 bits per heavy atom. The zero-order valence-corrected chi connectivity index (χ0v) is 10.8. The van der Waals surface area contributed by atoms with Crippen LogP contribution in [0.1, 0.15) is 18.4 Å². The Hall–Kier alpha value is -0.770. The number of hydrogen-bond donors (Lipinski definition) is 2. The molecule has 0 bridgehead atoms. The number of amides is 1. The van der Waals surface area contributed by atoms with Crippen molar-refractivity contribution in [1.82, 2.24) is 10.6 Å². The predicted molar refractivity (Wildman–Crippen MR) is 69.3 cm³/mol. The van der Waals surface area contributed by atoms with E-state index in [1.807, 2.05) is 12.1 Å². The van der Waals surface area contributed by atoms with Gasteiger partial charge in [-0.25, -0.2) is 0 Å². The molecule has 0 radical (unpaired) electrons. The molecule has 1 fully saturated rings. The summed E-state index contributed by atoms with van der Waals surface area (Å²) in [5.41, 5.74) is 0.987. The molecule has 1 heterocycles. The number of nitrogens with one attached hydrogen (secondary N) is 2. The van der Waals surface area contributed by atoms with Gasteiger partial charge in [0.15, 0.2) is 0 Å². The van der Waals surface area contributed by atoms with Crippen molar-refractivity contribution in [3.05, 3.63) is 33.8 Å². The van der Waals surface area contributed by atoms with Crippen molar-refractivity contribution < 1.29 is 4.79 Å². The van der Waals surface area contributed by atoms with Gasteiger partial charge in [-0.1, -0.05) is 23.2 Å². The summed E-state index contributed by atoms with van der Waals surface area (Å²) in [6.07, 6.45) is 1.89. The Kier molecular flexibility index (Phi) is 4.26. The molecule has 1 amide bonds. The molecular formula is C12H14Cl2N2O. The maximum atomic E-state index is 11.5. The van der Waals surface area contributed by atoms with Gasteiger partial charge in [0.05, 0.1) is 6.04 Å². The first-order valence-corrected chi connectivity index (χ1v) is 6.37. The lowest BCUT2D eigenvalue weighted by Gasteiger charge is -2.22. The Morgan fingerprint density at radius 1 is 1.29 bits per heavy atom. The van der Waals surface area contributed by atoms with E-state index in [2.05, 4.69) is 10.6 Å². The molecule has 0 saturated carbocycles. The van der Waals surface area contributed by atoms with Crippen molar-refractivity contribution in [3.8, 4) is 0 Å². The van der Waals surface area contributed by atoms with Crippen LogP contribution in [0.5, 0.6) is 0 Å². The monoisotopic (exact) mass is 272 g/mol. The third-order valence-corrected chi connectivity index (χ3v) is 3.20. The van der Waals surface area contributed by atoms with E-state index in [1.54, 1.807) is 6.07 Å². The minimum Gasteiger partial charge on any atom is -0.355 e. The molecule has 2 N–H and O–H groups in total. The lowest BCUT2D eigenvalue weighted by molar-refractivity contribution is -0.124. The number of carbonyl (C=O) groups excluding carboxylic acids is 1. The predicted octanol–water partition coefficient (Wildman–Crippen LogP) is 2.36. The van der Waals surface area contributed by atoms with Crippen LogP contribution >= 0.6 is 23.2 Å². The highest BCUT2D eigenvalue weighted by Crippen LogP contribution is 2.19. The van der Waals surface area contributed by atoms with Gasteiger partial charge in [-0.2, -0.15) is 0 Å². The molecule has 1 atom stereocenters. The van der Waals surface area contributed by atoms with Crippen molar-refractivity contribution >= 4 is 29.1 Å². The smallest absolute Gasteiger partial charge is 0.237 e. The highest BCUT2D eigenvalue weighted by Gasteiger charge is 2.20. The van der Waals surface area contributed by atoms with E-state index in [4.69, 9.17) is 23.2 Å². The Bertz CT molecular complexity index is 403. The summed E-state index contributed by atoms with van der Waals surface area (Å²) >= 11 is 11.8. The quantitative estimate of drug-likeness (QED) is 0.887. The first-order chi connectivity index (χ1) is 8.15. The summed E-state index contributed by atoms with van der Waals surface area (Å²) in [6.45, 7) is 1.37.